The van der Waals surface area contributed by atoms with E-state index >= 15 is 0 Å². The van der Waals surface area contributed by atoms with E-state index in [2.05, 4.69) is 5.32 Å². The number of carbonyl (C=O) groups excluding carboxylic acids is 1. The molecule has 2 N–H and O–H groups in total. The van der Waals surface area contributed by atoms with Crippen LogP contribution in [-0.4, -0.2) is 30.3 Å². The molecule has 1 unspecified atom stereocenters. The molecule has 2 aromatic rings. The number of nitrogens with one attached hydrogen (secondary N) is 1. The van der Waals surface area contributed by atoms with Gasteiger partial charge in [0.15, 0.2) is 0 Å². The van der Waals surface area contributed by atoms with Gasteiger partial charge in [-0.2, -0.15) is 13.2 Å². The molecule has 0 amide bonds. The van der Waals surface area contributed by atoms with Gasteiger partial charge in [0, 0.05) is 24.7 Å². The minimum atomic E-state index is -4.38. The molecular weight excluding hydrogens is 363 g/mol. The SMILES string of the molecule is CC(=O)OCc1ccccc1OCC(O)CNc1ccc(C(F)(F)F)cc1. The van der Waals surface area contributed by atoms with Gasteiger partial charge < -0.3 is 19.9 Å². The lowest BCUT2D eigenvalue weighted by molar-refractivity contribution is -0.142. The van der Waals surface area contributed by atoms with Crippen molar-refractivity contribution in [2.45, 2.75) is 25.8 Å². The first kappa shape index (κ1) is 20.6. The van der Waals surface area contributed by atoms with E-state index in [4.69, 9.17) is 9.47 Å². The van der Waals surface area contributed by atoms with E-state index in [-0.39, 0.29) is 19.8 Å². The first-order valence-electron chi connectivity index (χ1n) is 8.19. The molecule has 2 rings (SSSR count). The number of para-hydroxylation sites is 1. The number of hydrogen-bond acceptors (Lipinski definition) is 5. The molecular formula is C19H20F3NO4. The highest BCUT2D eigenvalue weighted by Gasteiger charge is 2.29. The number of esters is 1. The molecule has 146 valence electrons. The van der Waals surface area contributed by atoms with Crippen molar-refractivity contribution in [1.29, 1.82) is 0 Å². The van der Waals surface area contributed by atoms with Gasteiger partial charge in [-0.3, -0.25) is 4.79 Å². The van der Waals surface area contributed by atoms with Crippen LogP contribution in [0.5, 0.6) is 5.75 Å². The van der Waals surface area contributed by atoms with Crippen molar-refractivity contribution in [2.75, 3.05) is 18.5 Å². The second-order valence-corrected chi connectivity index (χ2v) is 5.81. The van der Waals surface area contributed by atoms with Crippen LogP contribution in [0, 0.1) is 0 Å². The van der Waals surface area contributed by atoms with Gasteiger partial charge in [-0.25, -0.2) is 0 Å². The number of ether oxygens (including phenoxy) is 2. The van der Waals surface area contributed by atoms with E-state index in [1.165, 1.54) is 19.1 Å². The lowest BCUT2D eigenvalue weighted by Crippen LogP contribution is -2.26. The van der Waals surface area contributed by atoms with Crippen LogP contribution >= 0.6 is 0 Å². The molecule has 0 heterocycles. The summed E-state index contributed by atoms with van der Waals surface area (Å²) in [7, 11) is 0. The summed E-state index contributed by atoms with van der Waals surface area (Å²) in [6.45, 7) is 1.42. The summed E-state index contributed by atoms with van der Waals surface area (Å²) in [5.74, 6) is 0.0675. The van der Waals surface area contributed by atoms with Crippen molar-refractivity contribution in [3.63, 3.8) is 0 Å². The van der Waals surface area contributed by atoms with Crippen molar-refractivity contribution < 1.29 is 32.5 Å². The van der Waals surface area contributed by atoms with E-state index < -0.39 is 23.8 Å². The molecule has 0 aliphatic heterocycles. The Labute approximate surface area is 154 Å². The summed E-state index contributed by atoms with van der Waals surface area (Å²) >= 11 is 0. The number of rotatable bonds is 8. The molecule has 0 aromatic heterocycles. The lowest BCUT2D eigenvalue weighted by Gasteiger charge is -2.16. The average Bonchev–Trinajstić information content (AvgIpc) is 2.63. The standard InChI is InChI=1S/C19H20F3NO4/c1-13(24)26-11-14-4-2-3-5-18(14)27-12-17(25)10-23-16-8-6-15(7-9-16)19(20,21)22/h2-9,17,23,25H,10-12H2,1H3. The molecule has 27 heavy (non-hydrogen) atoms. The van der Waals surface area contributed by atoms with Crippen LogP contribution in [0.15, 0.2) is 48.5 Å². The predicted octanol–water partition coefficient (Wildman–Crippen LogP) is 3.62. The zero-order valence-corrected chi connectivity index (χ0v) is 14.6. The number of halogens is 3. The number of hydrogen-bond donors (Lipinski definition) is 2. The first-order valence-corrected chi connectivity index (χ1v) is 8.19. The Morgan fingerprint density at radius 2 is 1.81 bits per heavy atom. The van der Waals surface area contributed by atoms with E-state index in [9.17, 15) is 23.1 Å². The molecule has 0 radical (unpaired) electrons. The van der Waals surface area contributed by atoms with Crippen LogP contribution in [0.4, 0.5) is 18.9 Å². The third-order valence-corrected chi connectivity index (χ3v) is 3.59. The van der Waals surface area contributed by atoms with Crippen LogP contribution in [0.1, 0.15) is 18.1 Å². The maximum atomic E-state index is 12.5. The third kappa shape index (κ3) is 6.82. The minimum absolute atomic E-state index is 0.0370. The fraction of sp³-hybridized carbons (Fsp3) is 0.316. The topological polar surface area (TPSA) is 67.8 Å². The van der Waals surface area contributed by atoms with E-state index in [0.29, 0.717) is 17.0 Å². The first-order chi connectivity index (χ1) is 12.8. The van der Waals surface area contributed by atoms with Gasteiger partial charge in [-0.15, -0.1) is 0 Å². The number of aliphatic hydroxyl groups excluding tert-OH is 1. The largest absolute Gasteiger partial charge is 0.490 e. The van der Waals surface area contributed by atoms with Crippen LogP contribution < -0.4 is 10.1 Å². The van der Waals surface area contributed by atoms with Gasteiger partial charge >= 0.3 is 12.1 Å². The third-order valence-electron chi connectivity index (χ3n) is 3.59. The summed E-state index contributed by atoms with van der Waals surface area (Å²) in [5, 5.41) is 12.9. The van der Waals surface area contributed by atoms with E-state index in [0.717, 1.165) is 12.1 Å². The molecule has 0 bridgehead atoms. The van der Waals surface area contributed by atoms with Gasteiger partial charge in [0.05, 0.1) is 5.56 Å². The molecule has 5 nitrogen and oxygen atoms in total. The number of benzene rings is 2. The molecule has 0 aliphatic rings. The van der Waals surface area contributed by atoms with Gasteiger partial charge in [0.2, 0.25) is 0 Å². The Bertz CT molecular complexity index is 747. The maximum absolute atomic E-state index is 12.5. The monoisotopic (exact) mass is 383 g/mol. The maximum Gasteiger partial charge on any atom is 0.416 e. The number of aliphatic hydroxyl groups is 1. The van der Waals surface area contributed by atoms with E-state index in [1.807, 2.05) is 0 Å². The zero-order chi connectivity index (χ0) is 19.9. The van der Waals surface area contributed by atoms with Crippen molar-refractivity contribution in [1.82, 2.24) is 0 Å². The summed E-state index contributed by atoms with van der Waals surface area (Å²) in [6, 6.07) is 11.5. The Morgan fingerprint density at radius 1 is 1.15 bits per heavy atom. The van der Waals surface area contributed by atoms with Crippen molar-refractivity contribution in [3.05, 3.63) is 59.7 Å². The summed E-state index contributed by atoms with van der Waals surface area (Å²) in [6.07, 6.45) is -5.28. The van der Waals surface area contributed by atoms with Crippen molar-refractivity contribution in [2.24, 2.45) is 0 Å². The van der Waals surface area contributed by atoms with Crippen LogP contribution in [0.3, 0.4) is 0 Å². The summed E-state index contributed by atoms with van der Waals surface area (Å²) < 4.78 is 48.1. The summed E-state index contributed by atoms with van der Waals surface area (Å²) in [5.41, 5.74) is 0.384. The van der Waals surface area contributed by atoms with Gasteiger partial charge in [0.1, 0.15) is 25.1 Å². The molecule has 0 fully saturated rings. The highest BCUT2D eigenvalue weighted by molar-refractivity contribution is 5.66. The molecule has 8 heteroatoms. The highest BCUT2D eigenvalue weighted by atomic mass is 19.4. The molecule has 2 aromatic carbocycles. The smallest absolute Gasteiger partial charge is 0.416 e. The van der Waals surface area contributed by atoms with Crippen molar-refractivity contribution in [3.8, 4) is 5.75 Å². The van der Waals surface area contributed by atoms with Crippen LogP contribution in [0.2, 0.25) is 0 Å². The molecule has 0 aliphatic carbocycles. The molecule has 0 saturated carbocycles. The second kappa shape index (κ2) is 9.27. The van der Waals surface area contributed by atoms with Crippen molar-refractivity contribution >= 4 is 11.7 Å². The predicted molar refractivity (Wildman–Crippen MR) is 93.3 cm³/mol. The quantitative estimate of drug-likeness (QED) is 0.682. The number of anilines is 1. The van der Waals surface area contributed by atoms with E-state index in [1.54, 1.807) is 24.3 Å². The molecule has 0 spiro atoms. The fourth-order valence-electron chi connectivity index (χ4n) is 2.20. The molecule has 0 saturated heterocycles. The second-order valence-electron chi connectivity index (χ2n) is 5.81. The Hall–Kier alpha value is -2.74. The number of alkyl halides is 3. The van der Waals surface area contributed by atoms with Gasteiger partial charge in [-0.1, -0.05) is 18.2 Å². The van der Waals surface area contributed by atoms with Crippen LogP contribution in [0.25, 0.3) is 0 Å². The Morgan fingerprint density at radius 3 is 2.44 bits per heavy atom. The highest BCUT2D eigenvalue weighted by Crippen LogP contribution is 2.29. The summed E-state index contributed by atoms with van der Waals surface area (Å²) in [4.78, 5) is 10.9. The minimum Gasteiger partial charge on any atom is -0.490 e. The normalized spacial score (nSPS) is 12.3. The number of carbonyl (C=O) groups is 1. The average molecular weight is 383 g/mol. The lowest BCUT2D eigenvalue weighted by atomic mass is 10.2. The Balaban J connectivity index is 1.83. The van der Waals surface area contributed by atoms with Crippen LogP contribution in [-0.2, 0) is 22.3 Å². The van der Waals surface area contributed by atoms with Gasteiger partial charge in [-0.05, 0) is 30.3 Å². The fourth-order valence-corrected chi connectivity index (χ4v) is 2.20. The Kier molecular flexibility index (Phi) is 7.06. The molecule has 1 atom stereocenters. The zero-order valence-electron chi connectivity index (χ0n) is 14.6. The van der Waals surface area contributed by atoms with Gasteiger partial charge in [0.25, 0.3) is 0 Å².